The van der Waals surface area contributed by atoms with Gasteiger partial charge in [-0.25, -0.2) is 0 Å². The van der Waals surface area contributed by atoms with Gasteiger partial charge in [0.05, 0.1) is 18.2 Å². The summed E-state index contributed by atoms with van der Waals surface area (Å²) >= 11 is 0. The van der Waals surface area contributed by atoms with Crippen molar-refractivity contribution < 1.29 is 19.4 Å². The van der Waals surface area contributed by atoms with Crippen molar-refractivity contribution in [2.24, 2.45) is 0 Å². The summed E-state index contributed by atoms with van der Waals surface area (Å²) in [5.74, 6) is -0.914. The first-order valence-corrected chi connectivity index (χ1v) is 13.5. The number of hydrogen-bond acceptors (Lipinski definition) is 6. The van der Waals surface area contributed by atoms with E-state index in [1.807, 2.05) is 74.4 Å². The molecule has 39 heavy (non-hydrogen) atoms. The monoisotopic (exact) mass is 527 g/mol. The van der Waals surface area contributed by atoms with Gasteiger partial charge in [-0.1, -0.05) is 19.1 Å². The fraction of sp³-hybridized carbons (Fsp3) is 0.312. The molecule has 0 spiro atoms. The third-order valence-corrected chi connectivity index (χ3v) is 7.03. The molecule has 0 radical (unpaired) electrons. The molecule has 3 aromatic carbocycles. The predicted octanol–water partition coefficient (Wildman–Crippen LogP) is 6.01. The predicted molar refractivity (Wildman–Crippen MR) is 158 cm³/mol. The normalized spacial score (nSPS) is 16.4. The van der Waals surface area contributed by atoms with Gasteiger partial charge in [-0.3, -0.25) is 14.5 Å². The number of benzene rings is 3. The van der Waals surface area contributed by atoms with Gasteiger partial charge in [-0.2, -0.15) is 0 Å². The maximum atomic E-state index is 13.5. The molecule has 1 atom stereocenters. The standard InChI is InChI=1S/C32H37N3O4/c1-6-21-39-27-19-11-23(12-20-27)30(36)28-29(22-9-13-24(14-10-22)33(4)5)35(32(38)31(28)37)26-17-15-25(16-18-26)34(7-2)8-3/h9-20,29,36H,6-8,21H2,1-5H3/b30-28-. The first-order valence-electron chi connectivity index (χ1n) is 13.5. The number of aliphatic hydroxyl groups excluding tert-OH is 1. The van der Waals surface area contributed by atoms with E-state index in [-0.39, 0.29) is 11.3 Å². The van der Waals surface area contributed by atoms with Gasteiger partial charge < -0.3 is 19.6 Å². The minimum absolute atomic E-state index is 0.0626. The zero-order valence-corrected chi connectivity index (χ0v) is 23.3. The van der Waals surface area contributed by atoms with Gasteiger partial charge >= 0.3 is 0 Å². The summed E-state index contributed by atoms with van der Waals surface area (Å²) in [7, 11) is 3.90. The number of anilines is 3. The van der Waals surface area contributed by atoms with Crippen LogP contribution < -0.4 is 19.4 Å². The molecule has 1 aliphatic rings. The smallest absolute Gasteiger partial charge is 0.300 e. The second-order valence-electron chi connectivity index (χ2n) is 9.72. The van der Waals surface area contributed by atoms with Gasteiger partial charge in [0.25, 0.3) is 11.7 Å². The van der Waals surface area contributed by atoms with E-state index in [9.17, 15) is 14.7 Å². The van der Waals surface area contributed by atoms with Crippen LogP contribution in [-0.4, -0.2) is 50.6 Å². The first-order chi connectivity index (χ1) is 18.8. The Morgan fingerprint density at radius 2 is 1.44 bits per heavy atom. The van der Waals surface area contributed by atoms with Crippen molar-refractivity contribution in [3.8, 4) is 5.75 Å². The number of amides is 1. The number of Topliss-reactive ketones (excluding diaryl/α,β-unsaturated/α-hetero) is 1. The molecule has 1 aliphatic heterocycles. The molecule has 1 heterocycles. The number of nitrogens with zero attached hydrogens (tertiary/aromatic N) is 3. The highest BCUT2D eigenvalue weighted by molar-refractivity contribution is 6.51. The van der Waals surface area contributed by atoms with E-state index in [0.717, 1.165) is 36.4 Å². The number of ether oxygens (including phenoxy) is 1. The van der Waals surface area contributed by atoms with Crippen LogP contribution >= 0.6 is 0 Å². The number of carbonyl (C=O) groups excluding carboxylic acids is 2. The van der Waals surface area contributed by atoms with Gasteiger partial charge in [-0.15, -0.1) is 0 Å². The zero-order valence-electron chi connectivity index (χ0n) is 23.3. The Hall–Kier alpha value is -4.26. The molecule has 0 saturated carbocycles. The second-order valence-corrected chi connectivity index (χ2v) is 9.72. The highest BCUT2D eigenvalue weighted by Gasteiger charge is 2.47. The summed E-state index contributed by atoms with van der Waals surface area (Å²) in [5.41, 5.74) is 3.87. The van der Waals surface area contributed by atoms with Crippen molar-refractivity contribution >= 4 is 34.5 Å². The maximum Gasteiger partial charge on any atom is 0.300 e. The molecular weight excluding hydrogens is 490 g/mol. The summed E-state index contributed by atoms with van der Waals surface area (Å²) < 4.78 is 5.66. The lowest BCUT2D eigenvalue weighted by atomic mass is 9.95. The molecule has 7 heteroatoms. The molecule has 1 saturated heterocycles. The summed E-state index contributed by atoms with van der Waals surface area (Å²) in [4.78, 5) is 32.7. The zero-order chi connectivity index (χ0) is 28.1. The Morgan fingerprint density at radius 1 is 0.846 bits per heavy atom. The van der Waals surface area contributed by atoms with Crippen LogP contribution in [0.3, 0.4) is 0 Å². The third kappa shape index (κ3) is 5.62. The number of rotatable bonds is 10. The topological polar surface area (TPSA) is 73.3 Å². The highest BCUT2D eigenvalue weighted by Crippen LogP contribution is 2.43. The van der Waals surface area contributed by atoms with E-state index < -0.39 is 17.7 Å². The van der Waals surface area contributed by atoms with Gasteiger partial charge in [0, 0.05) is 49.8 Å². The molecule has 0 aromatic heterocycles. The van der Waals surface area contributed by atoms with Crippen molar-refractivity contribution in [1.82, 2.24) is 0 Å². The lowest BCUT2D eigenvalue weighted by molar-refractivity contribution is -0.132. The Labute approximate surface area is 230 Å². The molecule has 3 aromatic rings. The van der Waals surface area contributed by atoms with Gasteiger partial charge in [0.15, 0.2) is 0 Å². The minimum atomic E-state index is -0.781. The molecule has 7 nitrogen and oxygen atoms in total. The summed E-state index contributed by atoms with van der Waals surface area (Å²) in [5, 5.41) is 11.4. The Balaban J connectivity index is 1.82. The van der Waals surface area contributed by atoms with E-state index >= 15 is 0 Å². The van der Waals surface area contributed by atoms with Crippen molar-refractivity contribution in [3.05, 3.63) is 89.5 Å². The van der Waals surface area contributed by atoms with Crippen molar-refractivity contribution in [2.75, 3.05) is 48.5 Å². The SMILES string of the molecule is CCCOc1ccc(/C(O)=C2/C(=O)C(=O)N(c3ccc(N(CC)CC)cc3)C2c2ccc(N(C)C)cc2)cc1. The van der Waals surface area contributed by atoms with E-state index in [4.69, 9.17) is 4.74 Å². The van der Waals surface area contributed by atoms with Crippen LogP contribution in [0.5, 0.6) is 5.75 Å². The molecule has 1 fully saturated rings. The fourth-order valence-corrected chi connectivity index (χ4v) is 4.87. The molecule has 204 valence electrons. The molecular formula is C32H37N3O4. The maximum absolute atomic E-state index is 13.5. The fourth-order valence-electron chi connectivity index (χ4n) is 4.87. The lowest BCUT2D eigenvalue weighted by Crippen LogP contribution is -2.29. The van der Waals surface area contributed by atoms with E-state index in [0.29, 0.717) is 23.6 Å². The summed E-state index contributed by atoms with van der Waals surface area (Å²) in [6, 6.07) is 21.5. The Bertz CT molecular complexity index is 1330. The number of hydrogen-bond donors (Lipinski definition) is 1. The van der Waals surface area contributed by atoms with Gasteiger partial charge in [0.2, 0.25) is 0 Å². The Kier molecular flexibility index (Phi) is 8.59. The van der Waals surface area contributed by atoms with Gasteiger partial charge in [-0.05, 0) is 86.5 Å². The minimum Gasteiger partial charge on any atom is -0.507 e. The van der Waals surface area contributed by atoms with Crippen molar-refractivity contribution in [2.45, 2.75) is 33.2 Å². The highest BCUT2D eigenvalue weighted by atomic mass is 16.5. The third-order valence-electron chi connectivity index (χ3n) is 7.03. The summed E-state index contributed by atoms with van der Waals surface area (Å²) in [6.45, 7) is 8.53. The van der Waals surface area contributed by atoms with Crippen LogP contribution in [0.15, 0.2) is 78.4 Å². The molecule has 0 aliphatic carbocycles. The molecule has 1 amide bonds. The number of ketones is 1. The average molecular weight is 528 g/mol. The van der Waals surface area contributed by atoms with E-state index in [1.54, 1.807) is 24.3 Å². The van der Waals surface area contributed by atoms with E-state index in [1.165, 1.54) is 4.90 Å². The summed E-state index contributed by atoms with van der Waals surface area (Å²) in [6.07, 6.45) is 0.883. The van der Waals surface area contributed by atoms with Crippen LogP contribution in [0.25, 0.3) is 5.76 Å². The van der Waals surface area contributed by atoms with Crippen LogP contribution in [0.4, 0.5) is 17.1 Å². The molecule has 1 N–H and O–H groups in total. The number of carbonyl (C=O) groups is 2. The van der Waals surface area contributed by atoms with E-state index in [2.05, 4.69) is 18.7 Å². The molecule has 1 unspecified atom stereocenters. The van der Waals surface area contributed by atoms with Gasteiger partial charge in [0.1, 0.15) is 11.5 Å². The second kappa shape index (κ2) is 12.1. The first kappa shape index (κ1) is 27.8. The van der Waals surface area contributed by atoms with Crippen LogP contribution in [-0.2, 0) is 9.59 Å². The number of aliphatic hydroxyl groups is 1. The quantitative estimate of drug-likeness (QED) is 0.198. The average Bonchev–Trinajstić information content (AvgIpc) is 3.22. The van der Waals surface area contributed by atoms with Crippen molar-refractivity contribution in [1.29, 1.82) is 0 Å². The van der Waals surface area contributed by atoms with Crippen molar-refractivity contribution in [3.63, 3.8) is 0 Å². The largest absolute Gasteiger partial charge is 0.507 e. The lowest BCUT2D eigenvalue weighted by Gasteiger charge is -2.27. The van der Waals surface area contributed by atoms with Crippen LogP contribution in [0.1, 0.15) is 44.4 Å². The Morgan fingerprint density at radius 3 is 1.97 bits per heavy atom. The van der Waals surface area contributed by atoms with Crippen LogP contribution in [0.2, 0.25) is 0 Å². The molecule has 0 bridgehead atoms. The van der Waals surface area contributed by atoms with Crippen LogP contribution in [0, 0.1) is 0 Å². The molecule has 4 rings (SSSR count).